The van der Waals surface area contributed by atoms with Crippen molar-refractivity contribution in [3.63, 3.8) is 0 Å². The van der Waals surface area contributed by atoms with Crippen LogP contribution in [-0.4, -0.2) is 35.0 Å². The van der Waals surface area contributed by atoms with Gasteiger partial charge in [0.25, 0.3) is 0 Å². The summed E-state index contributed by atoms with van der Waals surface area (Å²) in [6.07, 6.45) is 0.792. The minimum Gasteiger partial charge on any atom is -0.394 e. The molecule has 0 heterocycles. The van der Waals surface area contributed by atoms with E-state index in [2.05, 4.69) is 107 Å². The fraction of sp³-hybridized carbons (Fsp3) is 0.136. The molecule has 0 aromatic heterocycles. The van der Waals surface area contributed by atoms with Crippen molar-refractivity contribution in [1.29, 1.82) is 0 Å². The van der Waals surface area contributed by atoms with Crippen molar-refractivity contribution < 1.29 is 15.0 Å². The first-order valence-corrected chi connectivity index (χ1v) is 10.9. The van der Waals surface area contributed by atoms with Crippen LogP contribution in [0.2, 0.25) is 0 Å². The molecule has 142 valence electrons. The Kier molecular flexibility index (Phi) is 13.1. The number of halogens is 1. The second-order valence-corrected chi connectivity index (χ2v) is 7.98. The van der Waals surface area contributed by atoms with Gasteiger partial charge < -0.3 is 15.0 Å². The third-order valence-corrected chi connectivity index (χ3v) is 5.91. The average molecular weight is 447 g/mol. The summed E-state index contributed by atoms with van der Waals surface area (Å²) in [5.74, 6) is 0. The van der Waals surface area contributed by atoms with Crippen LogP contribution in [0.15, 0.2) is 91.0 Å². The number of hydrogen-bond donors (Lipinski definition) is 2. The Morgan fingerprint density at radius 1 is 0.667 bits per heavy atom. The number of carbonyl (C=O) groups excluding carboxylic acids is 1. The Morgan fingerprint density at radius 3 is 1.11 bits per heavy atom. The third-order valence-electron chi connectivity index (χ3n) is 3.21. The fourth-order valence-electron chi connectivity index (χ4n) is 2.18. The van der Waals surface area contributed by atoms with Crippen LogP contribution in [0.5, 0.6) is 0 Å². The number of rotatable bonds is 5. The Balaban J connectivity index is 0.000000390. The standard InChI is InChI=1S/C18H15P.C2H3BrO.C2H6O2/c1-4-10-16(11-5-1)19(17-12-6-2-7-13-17)18-14-8-3-9-15-18;2*3-1-2-4/h1-15H;2H,1H2;3-4H,1-2H2. The molecule has 0 aliphatic heterocycles. The molecule has 0 atom stereocenters. The first kappa shape index (κ1) is 23.2. The highest BCUT2D eigenvalue weighted by molar-refractivity contribution is 9.09. The summed E-state index contributed by atoms with van der Waals surface area (Å²) < 4.78 is 0. The van der Waals surface area contributed by atoms with Gasteiger partial charge in [-0.05, 0) is 23.8 Å². The summed E-state index contributed by atoms with van der Waals surface area (Å²) in [5.41, 5.74) is 0. The number of aliphatic hydroxyl groups is 2. The molecule has 3 rings (SSSR count). The molecule has 0 saturated carbocycles. The largest absolute Gasteiger partial charge is 0.394 e. The Hall–Kier alpha value is -1.84. The molecular formula is C22H24BrO3P. The summed E-state index contributed by atoms with van der Waals surface area (Å²) in [6, 6.07) is 32.3. The zero-order valence-electron chi connectivity index (χ0n) is 15.0. The topological polar surface area (TPSA) is 57.5 Å². The van der Waals surface area contributed by atoms with E-state index in [4.69, 9.17) is 15.0 Å². The number of aldehydes is 1. The van der Waals surface area contributed by atoms with Gasteiger partial charge in [-0.15, -0.1) is 0 Å². The van der Waals surface area contributed by atoms with Crippen molar-refractivity contribution in [3.05, 3.63) is 91.0 Å². The van der Waals surface area contributed by atoms with Crippen LogP contribution < -0.4 is 15.9 Å². The molecule has 0 aliphatic rings. The molecule has 0 amide bonds. The maximum atomic E-state index is 9.13. The molecule has 3 aromatic rings. The van der Waals surface area contributed by atoms with Crippen LogP contribution >= 0.6 is 23.9 Å². The lowest BCUT2D eigenvalue weighted by Gasteiger charge is -2.18. The molecule has 0 spiro atoms. The number of benzene rings is 3. The summed E-state index contributed by atoms with van der Waals surface area (Å²) >= 11 is 2.88. The summed E-state index contributed by atoms with van der Waals surface area (Å²) in [4.78, 5) is 9.13. The first-order valence-electron chi connectivity index (χ1n) is 8.45. The van der Waals surface area contributed by atoms with E-state index in [9.17, 15) is 0 Å². The van der Waals surface area contributed by atoms with Gasteiger partial charge in [-0.1, -0.05) is 107 Å². The van der Waals surface area contributed by atoms with Crippen molar-refractivity contribution in [2.24, 2.45) is 0 Å². The monoisotopic (exact) mass is 446 g/mol. The first-order chi connectivity index (χ1) is 13.3. The lowest BCUT2D eigenvalue weighted by molar-refractivity contribution is -0.105. The average Bonchev–Trinajstić information content (AvgIpc) is 2.76. The predicted octanol–water partition coefficient (Wildman–Crippen LogP) is 3.00. The second-order valence-electron chi connectivity index (χ2n) is 5.11. The third kappa shape index (κ3) is 9.07. The Bertz CT molecular complexity index is 628. The molecule has 0 radical (unpaired) electrons. The van der Waals surface area contributed by atoms with E-state index < -0.39 is 7.92 Å². The van der Waals surface area contributed by atoms with E-state index in [0.29, 0.717) is 5.33 Å². The van der Waals surface area contributed by atoms with Crippen molar-refractivity contribution in [3.8, 4) is 0 Å². The summed E-state index contributed by atoms with van der Waals surface area (Å²) in [5, 5.41) is 19.9. The van der Waals surface area contributed by atoms with E-state index in [1.807, 2.05) is 0 Å². The van der Waals surface area contributed by atoms with E-state index in [1.54, 1.807) is 0 Å². The van der Waals surface area contributed by atoms with Gasteiger partial charge >= 0.3 is 0 Å². The molecule has 0 saturated heterocycles. The van der Waals surface area contributed by atoms with Crippen LogP contribution in [0.1, 0.15) is 0 Å². The van der Waals surface area contributed by atoms with Gasteiger partial charge in [-0.2, -0.15) is 0 Å². The maximum absolute atomic E-state index is 9.13. The molecule has 3 nitrogen and oxygen atoms in total. The highest BCUT2D eigenvalue weighted by Gasteiger charge is 2.14. The normalized spacial score (nSPS) is 9.48. The van der Waals surface area contributed by atoms with Crippen LogP contribution in [0.4, 0.5) is 0 Å². The molecule has 0 bridgehead atoms. The summed E-state index contributed by atoms with van der Waals surface area (Å²) in [6.45, 7) is -0.250. The van der Waals surface area contributed by atoms with E-state index in [1.165, 1.54) is 15.9 Å². The van der Waals surface area contributed by atoms with Crippen LogP contribution in [0.25, 0.3) is 0 Å². The molecular weight excluding hydrogens is 423 g/mol. The lowest BCUT2D eigenvalue weighted by atomic mass is 10.4. The zero-order chi connectivity index (χ0) is 19.7. The van der Waals surface area contributed by atoms with Crippen molar-refractivity contribution in [2.45, 2.75) is 0 Å². The van der Waals surface area contributed by atoms with Crippen LogP contribution in [0, 0.1) is 0 Å². The van der Waals surface area contributed by atoms with Gasteiger partial charge in [0.15, 0.2) is 0 Å². The molecule has 0 fully saturated rings. The van der Waals surface area contributed by atoms with Crippen LogP contribution in [-0.2, 0) is 4.79 Å². The van der Waals surface area contributed by atoms with E-state index in [0.717, 1.165) is 6.29 Å². The maximum Gasteiger partial charge on any atom is 0.130 e. The number of carbonyl (C=O) groups is 1. The number of aliphatic hydroxyl groups excluding tert-OH is 2. The van der Waals surface area contributed by atoms with E-state index in [-0.39, 0.29) is 13.2 Å². The molecule has 3 aromatic carbocycles. The summed E-state index contributed by atoms with van der Waals surface area (Å²) in [7, 11) is -0.446. The minimum absolute atomic E-state index is 0.125. The van der Waals surface area contributed by atoms with Gasteiger partial charge in [0.2, 0.25) is 0 Å². The van der Waals surface area contributed by atoms with Crippen molar-refractivity contribution in [2.75, 3.05) is 18.5 Å². The van der Waals surface area contributed by atoms with Gasteiger partial charge in [-0.3, -0.25) is 0 Å². The molecule has 0 unspecified atom stereocenters. The zero-order valence-corrected chi connectivity index (χ0v) is 17.5. The minimum atomic E-state index is -0.446. The predicted molar refractivity (Wildman–Crippen MR) is 119 cm³/mol. The SMILES string of the molecule is O=CCBr.OCCO.c1ccc(P(c2ccccc2)c2ccccc2)cc1. The van der Waals surface area contributed by atoms with Crippen molar-refractivity contribution in [1.82, 2.24) is 0 Å². The second kappa shape index (κ2) is 15.2. The quantitative estimate of drug-likeness (QED) is 0.359. The van der Waals surface area contributed by atoms with Gasteiger partial charge in [0.05, 0.1) is 18.5 Å². The van der Waals surface area contributed by atoms with Crippen molar-refractivity contribution >= 4 is 46.1 Å². The van der Waals surface area contributed by atoms with Gasteiger partial charge in [0, 0.05) is 0 Å². The number of alkyl halides is 1. The molecule has 5 heteroatoms. The highest BCUT2D eigenvalue weighted by Crippen LogP contribution is 2.32. The van der Waals surface area contributed by atoms with E-state index >= 15 is 0 Å². The fourth-order valence-corrected chi connectivity index (χ4v) is 4.48. The molecule has 2 N–H and O–H groups in total. The smallest absolute Gasteiger partial charge is 0.130 e. The molecule has 27 heavy (non-hydrogen) atoms. The molecule has 0 aliphatic carbocycles. The van der Waals surface area contributed by atoms with Gasteiger partial charge in [-0.25, -0.2) is 0 Å². The highest BCUT2D eigenvalue weighted by atomic mass is 79.9. The Labute approximate surface area is 170 Å². The Morgan fingerprint density at radius 2 is 0.926 bits per heavy atom. The number of hydrogen-bond acceptors (Lipinski definition) is 3. The van der Waals surface area contributed by atoms with Gasteiger partial charge in [0.1, 0.15) is 6.29 Å². The van der Waals surface area contributed by atoms with Crippen LogP contribution in [0.3, 0.4) is 0 Å². The lowest BCUT2D eigenvalue weighted by Crippen LogP contribution is -2.20.